The molecule has 0 radical (unpaired) electrons. The summed E-state index contributed by atoms with van der Waals surface area (Å²) in [6.07, 6.45) is 6.29. The fourth-order valence-corrected chi connectivity index (χ4v) is 2.78. The molecule has 0 amide bonds. The van der Waals surface area contributed by atoms with Crippen LogP contribution in [-0.4, -0.2) is 18.7 Å². The Balaban J connectivity index is 2.17. The standard InChI is InChI=1S/C18H30BrNO/c1-5-21-17-12-11-15(14-16(17)19)10-8-6-7-9-13-20-18(2,3)4/h11-12,14,20H,5-10,13H2,1-4H3. The van der Waals surface area contributed by atoms with E-state index in [9.17, 15) is 0 Å². The second kappa shape index (κ2) is 9.47. The van der Waals surface area contributed by atoms with E-state index >= 15 is 0 Å². The number of aryl methyl sites for hydroxylation is 1. The van der Waals surface area contributed by atoms with Gasteiger partial charge in [-0.25, -0.2) is 0 Å². The summed E-state index contributed by atoms with van der Waals surface area (Å²) in [7, 11) is 0. The summed E-state index contributed by atoms with van der Waals surface area (Å²) in [5.74, 6) is 0.939. The number of benzene rings is 1. The Morgan fingerprint density at radius 2 is 1.81 bits per heavy atom. The molecule has 21 heavy (non-hydrogen) atoms. The highest BCUT2D eigenvalue weighted by molar-refractivity contribution is 9.10. The van der Waals surface area contributed by atoms with Crippen LogP contribution in [0.1, 0.15) is 58.9 Å². The summed E-state index contributed by atoms with van der Waals surface area (Å²) < 4.78 is 6.60. The number of halogens is 1. The van der Waals surface area contributed by atoms with Crippen LogP contribution in [0.3, 0.4) is 0 Å². The van der Waals surface area contributed by atoms with Gasteiger partial charge < -0.3 is 10.1 Å². The van der Waals surface area contributed by atoms with Crippen LogP contribution >= 0.6 is 15.9 Å². The molecule has 0 atom stereocenters. The van der Waals surface area contributed by atoms with Crippen LogP contribution in [-0.2, 0) is 6.42 Å². The molecule has 0 aliphatic rings. The normalized spacial score (nSPS) is 11.7. The van der Waals surface area contributed by atoms with Crippen molar-refractivity contribution in [1.29, 1.82) is 0 Å². The maximum Gasteiger partial charge on any atom is 0.133 e. The van der Waals surface area contributed by atoms with Crippen LogP contribution in [0.15, 0.2) is 22.7 Å². The average molecular weight is 356 g/mol. The van der Waals surface area contributed by atoms with Crippen LogP contribution < -0.4 is 10.1 Å². The Bertz CT molecular complexity index is 412. The predicted molar refractivity (Wildman–Crippen MR) is 95.2 cm³/mol. The lowest BCUT2D eigenvalue weighted by Crippen LogP contribution is -2.36. The number of hydrogen-bond donors (Lipinski definition) is 1. The van der Waals surface area contributed by atoms with Gasteiger partial charge in [0.2, 0.25) is 0 Å². The fourth-order valence-electron chi connectivity index (χ4n) is 2.24. The van der Waals surface area contributed by atoms with E-state index < -0.39 is 0 Å². The van der Waals surface area contributed by atoms with Crippen molar-refractivity contribution in [2.45, 2.75) is 65.3 Å². The molecule has 0 aliphatic carbocycles. The highest BCUT2D eigenvalue weighted by Gasteiger charge is 2.07. The molecule has 3 heteroatoms. The lowest BCUT2D eigenvalue weighted by molar-refractivity contribution is 0.338. The van der Waals surface area contributed by atoms with E-state index in [1.165, 1.54) is 31.2 Å². The molecule has 0 bridgehead atoms. The minimum atomic E-state index is 0.245. The molecule has 2 nitrogen and oxygen atoms in total. The number of rotatable bonds is 9. The average Bonchev–Trinajstić information content (AvgIpc) is 2.39. The quantitative estimate of drug-likeness (QED) is 0.603. The number of nitrogens with one attached hydrogen (secondary N) is 1. The molecular formula is C18H30BrNO. The molecule has 0 aromatic heterocycles. The van der Waals surface area contributed by atoms with Gasteiger partial charge in [0.05, 0.1) is 11.1 Å². The van der Waals surface area contributed by atoms with Gasteiger partial charge in [0.15, 0.2) is 0 Å². The van der Waals surface area contributed by atoms with E-state index in [2.05, 4.69) is 60.2 Å². The van der Waals surface area contributed by atoms with Crippen molar-refractivity contribution in [3.8, 4) is 5.75 Å². The van der Waals surface area contributed by atoms with Crippen LogP contribution in [0.25, 0.3) is 0 Å². The molecule has 0 saturated carbocycles. The fraction of sp³-hybridized carbons (Fsp3) is 0.667. The minimum absolute atomic E-state index is 0.245. The van der Waals surface area contributed by atoms with Crippen molar-refractivity contribution < 1.29 is 4.74 Å². The third-order valence-electron chi connectivity index (χ3n) is 3.34. The summed E-state index contributed by atoms with van der Waals surface area (Å²) in [5.41, 5.74) is 1.63. The van der Waals surface area contributed by atoms with E-state index in [-0.39, 0.29) is 5.54 Å². The number of ether oxygens (including phenoxy) is 1. The maximum absolute atomic E-state index is 5.54. The van der Waals surface area contributed by atoms with Gasteiger partial charge in [-0.15, -0.1) is 0 Å². The van der Waals surface area contributed by atoms with Crippen LogP contribution in [0.2, 0.25) is 0 Å². The van der Waals surface area contributed by atoms with Crippen molar-refractivity contribution >= 4 is 15.9 Å². The SMILES string of the molecule is CCOc1ccc(CCCCCCNC(C)(C)C)cc1Br. The highest BCUT2D eigenvalue weighted by Crippen LogP contribution is 2.26. The first-order valence-corrected chi connectivity index (χ1v) is 8.88. The van der Waals surface area contributed by atoms with E-state index in [0.29, 0.717) is 6.61 Å². The molecule has 120 valence electrons. The second-order valence-corrected chi connectivity index (χ2v) is 7.39. The Kier molecular flexibility index (Phi) is 8.35. The van der Waals surface area contributed by atoms with Crippen LogP contribution in [0.5, 0.6) is 5.75 Å². The third kappa shape index (κ3) is 8.47. The molecule has 0 spiro atoms. The molecule has 0 fully saturated rings. The first-order valence-electron chi connectivity index (χ1n) is 8.08. The predicted octanol–water partition coefficient (Wildman–Crippen LogP) is 5.34. The van der Waals surface area contributed by atoms with E-state index in [4.69, 9.17) is 4.74 Å². The van der Waals surface area contributed by atoms with Crippen molar-refractivity contribution in [3.63, 3.8) is 0 Å². The highest BCUT2D eigenvalue weighted by atomic mass is 79.9. The monoisotopic (exact) mass is 355 g/mol. The Morgan fingerprint density at radius 1 is 1.10 bits per heavy atom. The van der Waals surface area contributed by atoms with Gasteiger partial charge in [0.1, 0.15) is 5.75 Å². The Morgan fingerprint density at radius 3 is 2.43 bits per heavy atom. The summed E-state index contributed by atoms with van der Waals surface area (Å²) >= 11 is 3.58. The van der Waals surface area contributed by atoms with Crippen LogP contribution in [0.4, 0.5) is 0 Å². The van der Waals surface area contributed by atoms with Gasteiger partial charge in [0.25, 0.3) is 0 Å². The van der Waals surface area contributed by atoms with E-state index in [1.807, 2.05) is 6.92 Å². The Hall–Kier alpha value is -0.540. The molecule has 1 aromatic carbocycles. The van der Waals surface area contributed by atoms with Gasteiger partial charge in [-0.05, 0) is 87.1 Å². The Labute approximate surface area is 138 Å². The summed E-state index contributed by atoms with van der Waals surface area (Å²) in [6, 6.07) is 6.43. The molecule has 1 rings (SSSR count). The van der Waals surface area contributed by atoms with Gasteiger partial charge in [-0.3, -0.25) is 0 Å². The summed E-state index contributed by atoms with van der Waals surface area (Å²) in [4.78, 5) is 0. The molecule has 1 aromatic rings. The smallest absolute Gasteiger partial charge is 0.133 e. The molecule has 0 saturated heterocycles. The first kappa shape index (κ1) is 18.5. The zero-order valence-corrected chi connectivity index (χ0v) is 15.6. The molecular weight excluding hydrogens is 326 g/mol. The van der Waals surface area contributed by atoms with E-state index in [0.717, 1.165) is 23.2 Å². The van der Waals surface area contributed by atoms with Crippen molar-refractivity contribution in [2.24, 2.45) is 0 Å². The zero-order valence-electron chi connectivity index (χ0n) is 14.0. The van der Waals surface area contributed by atoms with Crippen molar-refractivity contribution in [1.82, 2.24) is 5.32 Å². The maximum atomic E-state index is 5.54. The molecule has 1 N–H and O–H groups in total. The number of unbranched alkanes of at least 4 members (excludes halogenated alkanes) is 3. The van der Waals surface area contributed by atoms with Gasteiger partial charge >= 0.3 is 0 Å². The largest absolute Gasteiger partial charge is 0.493 e. The molecule has 0 heterocycles. The van der Waals surface area contributed by atoms with Crippen LogP contribution in [0, 0.1) is 0 Å². The van der Waals surface area contributed by atoms with E-state index in [1.54, 1.807) is 0 Å². The van der Waals surface area contributed by atoms with Gasteiger partial charge in [0, 0.05) is 5.54 Å². The lowest BCUT2D eigenvalue weighted by Gasteiger charge is -2.20. The molecule has 0 unspecified atom stereocenters. The second-order valence-electron chi connectivity index (χ2n) is 6.54. The third-order valence-corrected chi connectivity index (χ3v) is 3.96. The van der Waals surface area contributed by atoms with Crippen molar-refractivity contribution in [3.05, 3.63) is 28.2 Å². The minimum Gasteiger partial charge on any atom is -0.493 e. The zero-order chi connectivity index (χ0) is 15.7. The molecule has 0 aliphatic heterocycles. The van der Waals surface area contributed by atoms with Crippen molar-refractivity contribution in [2.75, 3.05) is 13.2 Å². The number of hydrogen-bond acceptors (Lipinski definition) is 2. The van der Waals surface area contributed by atoms with Gasteiger partial charge in [-0.2, -0.15) is 0 Å². The summed E-state index contributed by atoms with van der Waals surface area (Å²) in [5, 5.41) is 3.54. The topological polar surface area (TPSA) is 21.3 Å². The van der Waals surface area contributed by atoms with Gasteiger partial charge in [-0.1, -0.05) is 18.9 Å². The summed E-state index contributed by atoms with van der Waals surface area (Å²) in [6.45, 7) is 10.5. The first-order chi connectivity index (χ1) is 9.92. The lowest BCUT2D eigenvalue weighted by atomic mass is 10.1.